The van der Waals surface area contributed by atoms with Gasteiger partial charge in [0.1, 0.15) is 6.04 Å². The van der Waals surface area contributed by atoms with Gasteiger partial charge in [0.15, 0.2) is 0 Å². The number of hydrogen-bond donors (Lipinski definition) is 5. The molecule has 1 unspecified atom stereocenters. The highest BCUT2D eigenvalue weighted by atomic mass is 16.4. The summed E-state index contributed by atoms with van der Waals surface area (Å²) in [5.74, 6) is -1.24. The number of carbonyl (C=O) groups is 3. The number of aliphatic carboxylic acids is 1. The average molecular weight is 364 g/mol. The second-order valence-corrected chi connectivity index (χ2v) is 6.01. The van der Waals surface area contributed by atoms with Crippen LogP contribution in [0.2, 0.25) is 0 Å². The smallest absolute Gasteiger partial charge is 0.320 e. The third-order valence-electron chi connectivity index (χ3n) is 3.94. The van der Waals surface area contributed by atoms with E-state index in [1.807, 2.05) is 0 Å². The van der Waals surface area contributed by atoms with Crippen molar-refractivity contribution < 1.29 is 19.5 Å². The molecule has 0 saturated carbocycles. The summed E-state index contributed by atoms with van der Waals surface area (Å²) in [5.41, 5.74) is 6.77. The molecule has 0 spiro atoms. The summed E-state index contributed by atoms with van der Waals surface area (Å²) in [4.78, 5) is 34.4. The van der Waals surface area contributed by atoms with Crippen molar-refractivity contribution in [3.05, 3.63) is 29.8 Å². The predicted molar refractivity (Wildman–Crippen MR) is 99.8 cm³/mol. The Morgan fingerprint density at radius 1 is 1.04 bits per heavy atom. The van der Waals surface area contributed by atoms with Crippen LogP contribution in [0.25, 0.3) is 0 Å². The minimum absolute atomic E-state index is 0.129. The molecule has 6 N–H and O–H groups in total. The van der Waals surface area contributed by atoms with E-state index < -0.39 is 12.0 Å². The summed E-state index contributed by atoms with van der Waals surface area (Å²) in [6, 6.07) is 6.04. The third kappa shape index (κ3) is 8.48. The molecule has 0 fully saturated rings. The fourth-order valence-corrected chi connectivity index (χ4v) is 2.35. The maximum atomic E-state index is 11.9. The van der Waals surface area contributed by atoms with Crippen molar-refractivity contribution in [3.8, 4) is 0 Å². The van der Waals surface area contributed by atoms with Gasteiger partial charge in [0, 0.05) is 30.8 Å². The number of rotatable bonds is 12. The number of nitrogen functional groups attached to an aromatic ring is 1. The lowest BCUT2D eigenvalue weighted by molar-refractivity contribution is -0.139. The lowest BCUT2D eigenvalue weighted by Gasteiger charge is -2.11. The number of nitrogens with two attached hydrogens (primary N) is 1. The number of anilines is 1. The standard InChI is InChI=1S/C18H28N4O4/c1-20-15(18(25)26)9-10-16(23)21-11-3-2-4-12-22-17(24)13-5-7-14(19)8-6-13/h5-8,15,20H,2-4,9-12,19H2,1H3,(H,21,23)(H,22,24)(H,25,26). The SMILES string of the molecule is CNC(CCC(=O)NCCCCCNC(=O)c1ccc(N)cc1)C(=O)O. The number of nitrogens with one attached hydrogen (secondary N) is 3. The van der Waals surface area contributed by atoms with Gasteiger partial charge in [-0.2, -0.15) is 0 Å². The van der Waals surface area contributed by atoms with E-state index in [4.69, 9.17) is 10.8 Å². The van der Waals surface area contributed by atoms with Crippen molar-refractivity contribution in [3.63, 3.8) is 0 Å². The Balaban J connectivity index is 2.05. The minimum atomic E-state index is -0.957. The molecular weight excluding hydrogens is 336 g/mol. The molecule has 8 heteroatoms. The molecule has 0 aromatic heterocycles. The van der Waals surface area contributed by atoms with Gasteiger partial charge < -0.3 is 26.8 Å². The maximum Gasteiger partial charge on any atom is 0.320 e. The number of carbonyl (C=O) groups excluding carboxylic acids is 2. The normalized spacial score (nSPS) is 11.6. The highest BCUT2D eigenvalue weighted by Gasteiger charge is 2.15. The summed E-state index contributed by atoms with van der Waals surface area (Å²) in [6.45, 7) is 1.11. The molecule has 0 radical (unpaired) electrons. The van der Waals surface area contributed by atoms with Crippen molar-refractivity contribution in [2.45, 2.75) is 38.1 Å². The number of benzene rings is 1. The summed E-state index contributed by atoms with van der Waals surface area (Å²) in [6.07, 6.45) is 2.93. The number of likely N-dealkylation sites (N-methyl/N-ethyl adjacent to an activating group) is 1. The summed E-state index contributed by atoms with van der Waals surface area (Å²) < 4.78 is 0. The average Bonchev–Trinajstić information content (AvgIpc) is 2.61. The Labute approximate surface area is 153 Å². The van der Waals surface area contributed by atoms with E-state index >= 15 is 0 Å². The van der Waals surface area contributed by atoms with Crippen LogP contribution in [0, 0.1) is 0 Å². The molecule has 1 aromatic rings. The first-order chi connectivity index (χ1) is 12.4. The Hall–Kier alpha value is -2.61. The molecule has 2 amide bonds. The van der Waals surface area contributed by atoms with Crippen molar-refractivity contribution in [2.24, 2.45) is 0 Å². The maximum absolute atomic E-state index is 11.9. The summed E-state index contributed by atoms with van der Waals surface area (Å²) in [5, 5.41) is 17.1. The lowest BCUT2D eigenvalue weighted by Crippen LogP contribution is -2.35. The van der Waals surface area contributed by atoms with E-state index in [1.165, 1.54) is 0 Å². The van der Waals surface area contributed by atoms with Crippen LogP contribution in [0.1, 0.15) is 42.5 Å². The summed E-state index contributed by atoms with van der Waals surface area (Å²) >= 11 is 0. The quantitative estimate of drug-likeness (QED) is 0.274. The zero-order chi connectivity index (χ0) is 19.4. The molecule has 1 aromatic carbocycles. The monoisotopic (exact) mass is 364 g/mol. The first-order valence-electron chi connectivity index (χ1n) is 8.74. The molecule has 1 atom stereocenters. The van der Waals surface area contributed by atoms with Crippen molar-refractivity contribution in [1.29, 1.82) is 0 Å². The fraction of sp³-hybridized carbons (Fsp3) is 0.500. The minimum Gasteiger partial charge on any atom is -0.480 e. The van der Waals surface area contributed by atoms with Crippen LogP contribution in [-0.4, -0.2) is 49.1 Å². The first-order valence-corrected chi connectivity index (χ1v) is 8.74. The van der Waals surface area contributed by atoms with Crippen LogP contribution in [0.3, 0.4) is 0 Å². The Bertz CT molecular complexity index is 589. The van der Waals surface area contributed by atoms with Crippen molar-refractivity contribution in [2.75, 3.05) is 25.9 Å². The number of carboxylic acids is 1. The van der Waals surface area contributed by atoms with Gasteiger partial charge in [-0.15, -0.1) is 0 Å². The number of unbranched alkanes of at least 4 members (excludes halogenated alkanes) is 2. The van der Waals surface area contributed by atoms with Crippen LogP contribution in [-0.2, 0) is 9.59 Å². The Kier molecular flexibility index (Phi) is 9.78. The van der Waals surface area contributed by atoms with E-state index in [0.717, 1.165) is 19.3 Å². The van der Waals surface area contributed by atoms with Gasteiger partial charge in [-0.05, 0) is 57.0 Å². The zero-order valence-corrected chi connectivity index (χ0v) is 15.1. The molecule has 0 aliphatic heterocycles. The molecule has 0 bridgehead atoms. The number of amides is 2. The molecule has 0 aliphatic carbocycles. The van der Waals surface area contributed by atoms with E-state index in [9.17, 15) is 14.4 Å². The van der Waals surface area contributed by atoms with Crippen LogP contribution in [0.15, 0.2) is 24.3 Å². The molecule has 0 saturated heterocycles. The number of carboxylic acid groups (broad SMARTS) is 1. The zero-order valence-electron chi connectivity index (χ0n) is 15.1. The first kappa shape index (κ1) is 21.4. The van der Waals surface area contributed by atoms with Crippen LogP contribution in [0.4, 0.5) is 5.69 Å². The third-order valence-corrected chi connectivity index (χ3v) is 3.94. The molecule has 0 aliphatic rings. The topological polar surface area (TPSA) is 134 Å². The molecular formula is C18H28N4O4. The van der Waals surface area contributed by atoms with Crippen LogP contribution in [0.5, 0.6) is 0 Å². The highest BCUT2D eigenvalue weighted by Crippen LogP contribution is 2.05. The lowest BCUT2D eigenvalue weighted by atomic mass is 10.1. The van der Waals surface area contributed by atoms with Gasteiger partial charge in [-0.3, -0.25) is 14.4 Å². The van der Waals surface area contributed by atoms with E-state index in [2.05, 4.69) is 16.0 Å². The van der Waals surface area contributed by atoms with E-state index in [-0.39, 0.29) is 24.7 Å². The summed E-state index contributed by atoms with van der Waals surface area (Å²) in [7, 11) is 1.56. The fourth-order valence-electron chi connectivity index (χ4n) is 2.35. The van der Waals surface area contributed by atoms with Gasteiger partial charge in [0.25, 0.3) is 5.91 Å². The Morgan fingerprint density at radius 2 is 1.65 bits per heavy atom. The van der Waals surface area contributed by atoms with Crippen molar-refractivity contribution in [1.82, 2.24) is 16.0 Å². The Morgan fingerprint density at radius 3 is 2.23 bits per heavy atom. The van der Waals surface area contributed by atoms with E-state index in [0.29, 0.717) is 24.3 Å². The molecule has 1 rings (SSSR count). The molecule has 8 nitrogen and oxygen atoms in total. The largest absolute Gasteiger partial charge is 0.480 e. The van der Waals surface area contributed by atoms with Gasteiger partial charge in [-0.25, -0.2) is 0 Å². The highest BCUT2D eigenvalue weighted by molar-refractivity contribution is 5.94. The van der Waals surface area contributed by atoms with Gasteiger partial charge >= 0.3 is 5.97 Å². The second kappa shape index (κ2) is 11.9. The van der Waals surface area contributed by atoms with Gasteiger partial charge in [0.2, 0.25) is 5.91 Å². The van der Waals surface area contributed by atoms with Crippen LogP contribution >= 0.6 is 0 Å². The van der Waals surface area contributed by atoms with Gasteiger partial charge in [-0.1, -0.05) is 0 Å². The molecule has 26 heavy (non-hydrogen) atoms. The molecule has 144 valence electrons. The van der Waals surface area contributed by atoms with Crippen LogP contribution < -0.4 is 21.7 Å². The van der Waals surface area contributed by atoms with E-state index in [1.54, 1.807) is 31.3 Å². The predicted octanol–water partition coefficient (Wildman–Crippen LogP) is 0.738. The number of hydrogen-bond acceptors (Lipinski definition) is 5. The van der Waals surface area contributed by atoms with Crippen molar-refractivity contribution >= 4 is 23.5 Å². The molecule has 0 heterocycles. The van der Waals surface area contributed by atoms with Gasteiger partial charge in [0.05, 0.1) is 0 Å². The second-order valence-electron chi connectivity index (χ2n) is 6.01.